The van der Waals surface area contributed by atoms with Gasteiger partial charge in [-0.3, -0.25) is 15.1 Å². The van der Waals surface area contributed by atoms with Crippen LogP contribution in [0.4, 0.5) is 0 Å². The average molecular weight is 231 g/mol. The highest BCUT2D eigenvalue weighted by Crippen LogP contribution is 2.25. The van der Waals surface area contributed by atoms with Crippen LogP contribution >= 0.6 is 0 Å². The van der Waals surface area contributed by atoms with E-state index in [1.807, 2.05) is 23.1 Å². The molecule has 0 bridgehead atoms. The number of carbonyl (C=O) groups excluding carboxylic acids is 1. The Balaban J connectivity index is 1.82. The van der Waals surface area contributed by atoms with Crippen LogP contribution in [0.3, 0.4) is 0 Å². The van der Waals surface area contributed by atoms with E-state index in [9.17, 15) is 4.79 Å². The lowest BCUT2D eigenvalue weighted by atomic mass is 9.96. The number of piperidine rings is 1. The van der Waals surface area contributed by atoms with E-state index in [-0.39, 0.29) is 11.9 Å². The van der Waals surface area contributed by atoms with Crippen molar-refractivity contribution in [1.29, 1.82) is 0 Å². The molecule has 0 saturated carbocycles. The first-order chi connectivity index (χ1) is 8.36. The molecule has 90 valence electrons. The second-order valence-corrected chi connectivity index (χ2v) is 4.78. The molecule has 3 heterocycles. The molecule has 4 nitrogen and oxygen atoms in total. The molecule has 1 aromatic rings. The maximum absolute atomic E-state index is 12.4. The number of nitrogens with one attached hydrogen (secondary N) is 1. The molecule has 0 radical (unpaired) electrons. The lowest BCUT2D eigenvalue weighted by molar-refractivity contribution is -0.140. The fourth-order valence-corrected chi connectivity index (χ4v) is 2.79. The predicted molar refractivity (Wildman–Crippen MR) is 64.3 cm³/mol. The minimum atomic E-state index is -0.245. The highest BCUT2D eigenvalue weighted by atomic mass is 16.2. The Kier molecular flexibility index (Phi) is 2.81. The van der Waals surface area contributed by atoms with Gasteiger partial charge >= 0.3 is 0 Å². The third-order valence-electron chi connectivity index (χ3n) is 3.70. The van der Waals surface area contributed by atoms with Crippen LogP contribution in [0.1, 0.15) is 31.0 Å². The van der Waals surface area contributed by atoms with Gasteiger partial charge in [0, 0.05) is 25.3 Å². The number of rotatable bonds is 1. The molecule has 2 unspecified atom stereocenters. The van der Waals surface area contributed by atoms with Crippen LogP contribution in [0.25, 0.3) is 0 Å². The SMILES string of the molecule is O=C1C(c2ccccn2)NCC2CCCCN12. The van der Waals surface area contributed by atoms with E-state index >= 15 is 0 Å². The van der Waals surface area contributed by atoms with Gasteiger partial charge in [0.15, 0.2) is 0 Å². The molecular formula is C13H17N3O. The van der Waals surface area contributed by atoms with E-state index < -0.39 is 0 Å². The zero-order chi connectivity index (χ0) is 11.7. The molecule has 0 spiro atoms. The van der Waals surface area contributed by atoms with Gasteiger partial charge in [-0.05, 0) is 31.4 Å². The molecule has 17 heavy (non-hydrogen) atoms. The van der Waals surface area contributed by atoms with Crippen molar-refractivity contribution >= 4 is 5.91 Å². The minimum absolute atomic E-state index is 0.194. The number of carbonyl (C=O) groups is 1. The van der Waals surface area contributed by atoms with Gasteiger partial charge in [-0.1, -0.05) is 6.07 Å². The highest BCUT2D eigenvalue weighted by Gasteiger charge is 2.37. The summed E-state index contributed by atoms with van der Waals surface area (Å²) in [6.45, 7) is 1.81. The predicted octanol–water partition coefficient (Wildman–Crippen LogP) is 1.11. The molecule has 2 aliphatic rings. The first kappa shape index (κ1) is 10.7. The van der Waals surface area contributed by atoms with Gasteiger partial charge < -0.3 is 4.90 Å². The first-order valence-corrected chi connectivity index (χ1v) is 6.31. The Labute approximate surface area is 101 Å². The minimum Gasteiger partial charge on any atom is -0.337 e. The molecule has 2 fully saturated rings. The van der Waals surface area contributed by atoms with Crippen molar-refractivity contribution in [2.75, 3.05) is 13.1 Å². The second kappa shape index (κ2) is 4.45. The van der Waals surface area contributed by atoms with Crippen LogP contribution in [-0.4, -0.2) is 34.9 Å². The van der Waals surface area contributed by atoms with Crippen LogP contribution in [0, 0.1) is 0 Å². The number of piperazine rings is 1. The lowest BCUT2D eigenvalue weighted by Crippen LogP contribution is -2.57. The van der Waals surface area contributed by atoms with Gasteiger partial charge in [-0.15, -0.1) is 0 Å². The summed E-state index contributed by atoms with van der Waals surface area (Å²) in [5, 5.41) is 3.33. The highest BCUT2D eigenvalue weighted by molar-refractivity contribution is 5.84. The molecular weight excluding hydrogens is 214 g/mol. The lowest BCUT2D eigenvalue weighted by Gasteiger charge is -2.42. The van der Waals surface area contributed by atoms with E-state index in [1.54, 1.807) is 6.20 Å². The molecule has 1 aromatic heterocycles. The molecule has 4 heteroatoms. The molecule has 1 N–H and O–H groups in total. The van der Waals surface area contributed by atoms with Crippen LogP contribution in [0.5, 0.6) is 0 Å². The van der Waals surface area contributed by atoms with E-state index in [1.165, 1.54) is 6.42 Å². The van der Waals surface area contributed by atoms with Gasteiger partial charge in [0.2, 0.25) is 5.91 Å². The number of pyridine rings is 1. The number of nitrogens with zero attached hydrogens (tertiary/aromatic N) is 2. The molecule has 2 atom stereocenters. The summed E-state index contributed by atoms with van der Waals surface area (Å²) < 4.78 is 0. The van der Waals surface area contributed by atoms with Crippen molar-refractivity contribution in [3.05, 3.63) is 30.1 Å². The fourth-order valence-electron chi connectivity index (χ4n) is 2.79. The number of hydrogen-bond donors (Lipinski definition) is 1. The van der Waals surface area contributed by atoms with Crippen molar-refractivity contribution in [3.63, 3.8) is 0 Å². The number of amides is 1. The number of aromatic nitrogens is 1. The van der Waals surface area contributed by atoms with Crippen LogP contribution < -0.4 is 5.32 Å². The van der Waals surface area contributed by atoms with Crippen molar-refractivity contribution in [3.8, 4) is 0 Å². The number of fused-ring (bicyclic) bond motifs is 1. The maximum atomic E-state index is 12.4. The van der Waals surface area contributed by atoms with Crippen LogP contribution in [0.2, 0.25) is 0 Å². The molecule has 2 saturated heterocycles. The maximum Gasteiger partial charge on any atom is 0.246 e. The van der Waals surface area contributed by atoms with Gasteiger partial charge in [0.05, 0.1) is 5.69 Å². The summed E-state index contributed by atoms with van der Waals surface area (Å²) in [6, 6.07) is 5.88. The van der Waals surface area contributed by atoms with E-state index in [0.29, 0.717) is 6.04 Å². The number of hydrogen-bond acceptors (Lipinski definition) is 3. The van der Waals surface area contributed by atoms with E-state index in [4.69, 9.17) is 0 Å². The molecule has 0 aromatic carbocycles. The summed E-state index contributed by atoms with van der Waals surface area (Å²) in [4.78, 5) is 18.7. The van der Waals surface area contributed by atoms with Gasteiger partial charge in [0.1, 0.15) is 6.04 Å². The Morgan fingerprint density at radius 1 is 1.35 bits per heavy atom. The average Bonchev–Trinajstić information content (AvgIpc) is 2.40. The largest absolute Gasteiger partial charge is 0.337 e. The first-order valence-electron chi connectivity index (χ1n) is 6.31. The molecule has 2 aliphatic heterocycles. The molecule has 0 aliphatic carbocycles. The smallest absolute Gasteiger partial charge is 0.246 e. The van der Waals surface area contributed by atoms with E-state index in [2.05, 4.69) is 10.3 Å². The normalized spacial score (nSPS) is 28.9. The zero-order valence-electron chi connectivity index (χ0n) is 9.80. The van der Waals surface area contributed by atoms with Crippen molar-refractivity contribution in [2.24, 2.45) is 0 Å². The third kappa shape index (κ3) is 1.93. The van der Waals surface area contributed by atoms with Gasteiger partial charge in [-0.25, -0.2) is 0 Å². The van der Waals surface area contributed by atoms with Gasteiger partial charge in [-0.2, -0.15) is 0 Å². The summed E-state index contributed by atoms with van der Waals surface area (Å²) in [5.41, 5.74) is 0.835. The molecule has 3 rings (SSSR count). The Bertz CT molecular complexity index is 406. The topological polar surface area (TPSA) is 45.2 Å². The Morgan fingerprint density at radius 3 is 3.12 bits per heavy atom. The second-order valence-electron chi connectivity index (χ2n) is 4.78. The Morgan fingerprint density at radius 2 is 2.29 bits per heavy atom. The summed E-state index contributed by atoms with van der Waals surface area (Å²) in [5.74, 6) is 0.194. The summed E-state index contributed by atoms with van der Waals surface area (Å²) in [6.07, 6.45) is 5.25. The standard InChI is InChI=1S/C13H17N3O/c17-13-12(11-6-1-3-7-14-11)15-9-10-5-2-4-8-16(10)13/h1,3,6-7,10,12,15H,2,4-5,8-9H2. The fraction of sp³-hybridized carbons (Fsp3) is 0.538. The van der Waals surface area contributed by atoms with Crippen LogP contribution in [0.15, 0.2) is 24.4 Å². The summed E-state index contributed by atoms with van der Waals surface area (Å²) in [7, 11) is 0. The zero-order valence-corrected chi connectivity index (χ0v) is 9.80. The van der Waals surface area contributed by atoms with Crippen molar-refractivity contribution < 1.29 is 4.79 Å². The molecule has 1 amide bonds. The monoisotopic (exact) mass is 231 g/mol. The van der Waals surface area contributed by atoms with Gasteiger partial charge in [0.25, 0.3) is 0 Å². The summed E-state index contributed by atoms with van der Waals surface area (Å²) >= 11 is 0. The van der Waals surface area contributed by atoms with Crippen molar-refractivity contribution in [2.45, 2.75) is 31.3 Å². The Hall–Kier alpha value is -1.42. The third-order valence-corrected chi connectivity index (χ3v) is 3.70. The quantitative estimate of drug-likeness (QED) is 0.787. The van der Waals surface area contributed by atoms with E-state index in [0.717, 1.165) is 31.6 Å². The van der Waals surface area contributed by atoms with Crippen molar-refractivity contribution in [1.82, 2.24) is 15.2 Å². The van der Waals surface area contributed by atoms with Crippen LogP contribution in [-0.2, 0) is 4.79 Å².